The highest BCUT2D eigenvalue weighted by Crippen LogP contribution is 2.22. The number of likely N-dealkylation sites (tertiary alicyclic amines) is 2. The summed E-state index contributed by atoms with van der Waals surface area (Å²) in [4.78, 5) is 20.8. The van der Waals surface area contributed by atoms with Crippen LogP contribution in [0.2, 0.25) is 0 Å². The lowest BCUT2D eigenvalue weighted by molar-refractivity contribution is -0.132. The van der Waals surface area contributed by atoms with Gasteiger partial charge in [0, 0.05) is 25.7 Å². The second-order valence-corrected chi connectivity index (χ2v) is 6.75. The highest BCUT2D eigenvalue weighted by Gasteiger charge is 2.29. The molecule has 1 aromatic rings. The van der Waals surface area contributed by atoms with E-state index in [9.17, 15) is 9.90 Å². The molecular formula is C18H27N3O3. The molecule has 0 spiro atoms. The van der Waals surface area contributed by atoms with Crippen LogP contribution >= 0.6 is 0 Å². The van der Waals surface area contributed by atoms with Crippen LogP contribution in [0.25, 0.3) is 0 Å². The first-order valence-electron chi connectivity index (χ1n) is 8.90. The lowest BCUT2D eigenvalue weighted by Gasteiger charge is -2.24. The molecule has 1 N–H and O–H groups in total. The zero-order valence-corrected chi connectivity index (χ0v) is 14.4. The van der Waals surface area contributed by atoms with Crippen LogP contribution < -0.4 is 4.74 Å². The van der Waals surface area contributed by atoms with Gasteiger partial charge >= 0.3 is 0 Å². The Bertz CT molecular complexity index is 560. The van der Waals surface area contributed by atoms with Crippen LogP contribution in [0.1, 0.15) is 31.4 Å². The van der Waals surface area contributed by atoms with Gasteiger partial charge in [-0.05, 0) is 51.4 Å². The van der Waals surface area contributed by atoms with Crippen molar-refractivity contribution in [1.29, 1.82) is 0 Å². The summed E-state index contributed by atoms with van der Waals surface area (Å²) >= 11 is 0. The van der Waals surface area contributed by atoms with Crippen molar-refractivity contribution in [3.05, 3.63) is 24.0 Å². The second-order valence-electron chi connectivity index (χ2n) is 6.75. The number of hydrogen-bond acceptors (Lipinski definition) is 5. The van der Waals surface area contributed by atoms with Crippen molar-refractivity contribution < 1.29 is 14.6 Å². The third-order valence-electron chi connectivity index (χ3n) is 4.95. The molecule has 1 amide bonds. The topological polar surface area (TPSA) is 65.9 Å². The molecule has 3 heterocycles. The Labute approximate surface area is 143 Å². The molecule has 0 unspecified atom stereocenters. The Morgan fingerprint density at radius 2 is 2.04 bits per heavy atom. The van der Waals surface area contributed by atoms with Gasteiger partial charge in [-0.2, -0.15) is 0 Å². The molecule has 6 heteroatoms. The fraction of sp³-hybridized carbons (Fsp3) is 0.667. The van der Waals surface area contributed by atoms with E-state index in [-0.39, 0.29) is 12.0 Å². The van der Waals surface area contributed by atoms with Gasteiger partial charge in [-0.25, -0.2) is 0 Å². The molecule has 0 radical (unpaired) electrons. The SMILES string of the molecule is Cc1ncccc1O[C@H]1CCN(C(=O)CN2CCCC2)CC[C@@H]1O. The first-order chi connectivity index (χ1) is 11.6. The standard InChI is InChI=1S/C18H27N3O3/c1-14-16(5-4-8-19-14)24-17-7-12-21(11-6-15(17)22)18(23)13-20-9-2-3-10-20/h4-5,8,15,17,22H,2-3,6-7,9-13H2,1H3/t15-,17-/m0/s1. The van der Waals surface area contributed by atoms with Gasteiger partial charge in [-0.1, -0.05) is 0 Å². The zero-order valence-electron chi connectivity index (χ0n) is 14.4. The van der Waals surface area contributed by atoms with E-state index in [2.05, 4.69) is 9.88 Å². The number of hydrogen-bond donors (Lipinski definition) is 1. The molecule has 0 saturated carbocycles. The summed E-state index contributed by atoms with van der Waals surface area (Å²) in [5.74, 6) is 0.876. The summed E-state index contributed by atoms with van der Waals surface area (Å²) in [6, 6.07) is 3.70. The predicted molar refractivity (Wildman–Crippen MR) is 90.9 cm³/mol. The largest absolute Gasteiger partial charge is 0.486 e. The lowest BCUT2D eigenvalue weighted by atomic mass is 10.1. The fourth-order valence-electron chi connectivity index (χ4n) is 3.44. The maximum absolute atomic E-state index is 12.5. The van der Waals surface area contributed by atoms with E-state index in [1.54, 1.807) is 6.20 Å². The highest BCUT2D eigenvalue weighted by molar-refractivity contribution is 5.78. The minimum Gasteiger partial charge on any atom is -0.486 e. The van der Waals surface area contributed by atoms with Crippen molar-refractivity contribution in [3.8, 4) is 5.75 Å². The first-order valence-corrected chi connectivity index (χ1v) is 8.90. The quantitative estimate of drug-likeness (QED) is 0.897. The maximum atomic E-state index is 12.5. The molecule has 2 aliphatic heterocycles. The summed E-state index contributed by atoms with van der Waals surface area (Å²) in [5, 5.41) is 10.4. The fourth-order valence-corrected chi connectivity index (χ4v) is 3.44. The van der Waals surface area contributed by atoms with Crippen LogP contribution in [-0.2, 0) is 4.79 Å². The Morgan fingerprint density at radius 1 is 1.29 bits per heavy atom. The van der Waals surface area contributed by atoms with Gasteiger partial charge in [0.25, 0.3) is 0 Å². The maximum Gasteiger partial charge on any atom is 0.236 e. The molecule has 2 saturated heterocycles. The third-order valence-corrected chi connectivity index (χ3v) is 4.95. The van der Waals surface area contributed by atoms with Gasteiger partial charge < -0.3 is 14.7 Å². The number of aromatic nitrogens is 1. The predicted octanol–water partition coefficient (Wildman–Crippen LogP) is 1.22. The van der Waals surface area contributed by atoms with Crippen LogP contribution in [0.4, 0.5) is 0 Å². The van der Waals surface area contributed by atoms with Crippen LogP contribution in [0.5, 0.6) is 5.75 Å². The number of aryl methyl sites for hydroxylation is 1. The number of rotatable bonds is 4. The van der Waals surface area contributed by atoms with Crippen molar-refractivity contribution in [2.24, 2.45) is 0 Å². The van der Waals surface area contributed by atoms with Crippen LogP contribution in [0.15, 0.2) is 18.3 Å². The molecule has 24 heavy (non-hydrogen) atoms. The molecule has 1 aromatic heterocycles. The van der Waals surface area contributed by atoms with E-state index in [0.717, 1.165) is 18.8 Å². The number of pyridine rings is 1. The Hall–Kier alpha value is -1.66. The summed E-state index contributed by atoms with van der Waals surface area (Å²) < 4.78 is 5.98. The van der Waals surface area contributed by atoms with E-state index < -0.39 is 6.10 Å². The summed E-state index contributed by atoms with van der Waals surface area (Å²) in [5.41, 5.74) is 0.816. The third kappa shape index (κ3) is 4.24. The smallest absolute Gasteiger partial charge is 0.236 e. The number of aliphatic hydroxyl groups excluding tert-OH is 1. The van der Waals surface area contributed by atoms with Crippen LogP contribution in [0, 0.1) is 6.92 Å². The van der Waals surface area contributed by atoms with Crippen LogP contribution in [-0.4, -0.2) is 70.7 Å². The van der Waals surface area contributed by atoms with Gasteiger partial charge in [0.15, 0.2) is 0 Å². The number of aliphatic hydroxyl groups is 1. The normalized spacial score (nSPS) is 25.5. The number of carbonyl (C=O) groups excluding carboxylic acids is 1. The summed E-state index contributed by atoms with van der Waals surface area (Å²) in [7, 11) is 0. The van der Waals surface area contributed by atoms with Gasteiger partial charge in [0.1, 0.15) is 11.9 Å². The summed E-state index contributed by atoms with van der Waals surface area (Å²) in [6.07, 6.45) is 4.44. The minimum atomic E-state index is -0.561. The molecule has 3 rings (SSSR count). The lowest BCUT2D eigenvalue weighted by Crippen LogP contribution is -2.40. The van der Waals surface area contributed by atoms with E-state index in [0.29, 0.717) is 38.2 Å². The van der Waals surface area contributed by atoms with Gasteiger partial charge in [-0.3, -0.25) is 14.7 Å². The van der Waals surface area contributed by atoms with Crippen LogP contribution in [0.3, 0.4) is 0 Å². The average Bonchev–Trinajstić information content (AvgIpc) is 3.00. The molecule has 0 aromatic carbocycles. The monoisotopic (exact) mass is 333 g/mol. The molecule has 132 valence electrons. The van der Waals surface area contributed by atoms with Gasteiger partial charge in [-0.15, -0.1) is 0 Å². The van der Waals surface area contributed by atoms with Crippen molar-refractivity contribution in [2.45, 2.75) is 44.8 Å². The Balaban J connectivity index is 1.56. The first kappa shape index (κ1) is 17.2. The molecule has 2 atom stereocenters. The zero-order chi connectivity index (χ0) is 16.9. The molecule has 0 bridgehead atoms. The van der Waals surface area contributed by atoms with Gasteiger partial charge in [0.05, 0.1) is 18.3 Å². The number of nitrogens with zero attached hydrogens (tertiary/aromatic N) is 3. The molecule has 6 nitrogen and oxygen atoms in total. The second kappa shape index (κ2) is 7.94. The number of ether oxygens (including phenoxy) is 1. The van der Waals surface area contributed by atoms with E-state index in [4.69, 9.17) is 4.74 Å². The van der Waals surface area contributed by atoms with Crippen molar-refractivity contribution in [3.63, 3.8) is 0 Å². The Morgan fingerprint density at radius 3 is 2.79 bits per heavy atom. The average molecular weight is 333 g/mol. The summed E-state index contributed by atoms with van der Waals surface area (Å²) in [6.45, 7) is 5.67. The number of amides is 1. The minimum absolute atomic E-state index is 0.169. The van der Waals surface area contributed by atoms with E-state index >= 15 is 0 Å². The highest BCUT2D eigenvalue weighted by atomic mass is 16.5. The molecule has 2 fully saturated rings. The number of carbonyl (C=O) groups is 1. The van der Waals surface area contributed by atoms with Crippen molar-refractivity contribution >= 4 is 5.91 Å². The van der Waals surface area contributed by atoms with Crippen molar-refractivity contribution in [2.75, 3.05) is 32.7 Å². The molecule has 0 aliphatic carbocycles. The van der Waals surface area contributed by atoms with E-state index in [1.807, 2.05) is 24.0 Å². The molecular weight excluding hydrogens is 306 g/mol. The molecule has 2 aliphatic rings. The van der Waals surface area contributed by atoms with E-state index in [1.165, 1.54) is 12.8 Å². The van der Waals surface area contributed by atoms with Gasteiger partial charge in [0.2, 0.25) is 5.91 Å². The Kier molecular flexibility index (Phi) is 5.68. The van der Waals surface area contributed by atoms with Crippen molar-refractivity contribution in [1.82, 2.24) is 14.8 Å².